The maximum Gasteiger partial charge on any atom is 0.412 e. The Bertz CT molecular complexity index is 249. The third-order valence-corrected chi connectivity index (χ3v) is 2.28. The molecule has 1 amide bonds. The minimum absolute atomic E-state index is 0.260. The van der Waals surface area contributed by atoms with Gasteiger partial charge >= 0.3 is 6.09 Å². The van der Waals surface area contributed by atoms with E-state index < -0.39 is 17.8 Å². The van der Waals surface area contributed by atoms with E-state index in [1.807, 2.05) is 20.8 Å². The molecule has 5 heteroatoms. The van der Waals surface area contributed by atoms with E-state index in [1.165, 1.54) is 4.90 Å². The molecule has 1 aliphatic rings. The molecule has 0 aliphatic carbocycles. The normalized spacial score (nSPS) is 27.4. The van der Waals surface area contributed by atoms with E-state index in [2.05, 4.69) is 0 Å². The smallest absolute Gasteiger partial charge is 0.412 e. The average Bonchev–Trinajstić information content (AvgIpc) is 2.25. The molecule has 0 saturated carbocycles. The van der Waals surface area contributed by atoms with Crippen LogP contribution < -0.4 is 0 Å². The molecule has 1 heterocycles. The van der Waals surface area contributed by atoms with Crippen LogP contribution in [0.25, 0.3) is 0 Å². The van der Waals surface area contributed by atoms with E-state index in [4.69, 9.17) is 9.47 Å². The fourth-order valence-corrected chi connectivity index (χ4v) is 1.47. The first-order chi connectivity index (χ1) is 7.29. The van der Waals surface area contributed by atoms with Crippen molar-refractivity contribution >= 4 is 6.09 Å². The van der Waals surface area contributed by atoms with Crippen molar-refractivity contribution in [1.82, 2.24) is 4.90 Å². The number of carbonyl (C=O) groups is 1. The summed E-state index contributed by atoms with van der Waals surface area (Å²) in [6.45, 7) is 7.93. The topological polar surface area (TPSA) is 59.0 Å². The standard InChI is InChI=1S/C11H21NO4/c1-8-12(7-9(13)5-6-15-8)10(14)16-11(2,3)4/h8-9,13H,5-7H2,1-4H3/t8-,9+/m1/s1. The van der Waals surface area contributed by atoms with Crippen LogP contribution in [0.4, 0.5) is 4.79 Å². The maximum absolute atomic E-state index is 11.8. The van der Waals surface area contributed by atoms with Gasteiger partial charge in [-0.2, -0.15) is 0 Å². The number of hydrogen-bond acceptors (Lipinski definition) is 4. The lowest BCUT2D eigenvalue weighted by Gasteiger charge is -2.30. The molecule has 0 bridgehead atoms. The molecular weight excluding hydrogens is 210 g/mol. The van der Waals surface area contributed by atoms with Gasteiger partial charge in [-0.3, -0.25) is 4.90 Å². The van der Waals surface area contributed by atoms with Crippen molar-refractivity contribution in [2.75, 3.05) is 13.2 Å². The Balaban J connectivity index is 2.64. The number of β-amino-alcohol motifs (C(OH)–C–C–N with tert-alkyl or cyclic N) is 1. The van der Waals surface area contributed by atoms with Gasteiger partial charge in [0, 0.05) is 0 Å². The van der Waals surface area contributed by atoms with E-state index >= 15 is 0 Å². The van der Waals surface area contributed by atoms with Gasteiger partial charge in [0.2, 0.25) is 0 Å². The molecule has 0 aromatic heterocycles. The van der Waals surface area contributed by atoms with Crippen LogP contribution in [0.2, 0.25) is 0 Å². The maximum atomic E-state index is 11.8. The Labute approximate surface area is 96.3 Å². The van der Waals surface area contributed by atoms with Crippen LogP contribution in [0.5, 0.6) is 0 Å². The number of aliphatic hydroxyl groups excluding tert-OH is 1. The van der Waals surface area contributed by atoms with Crippen molar-refractivity contribution in [2.24, 2.45) is 0 Å². The summed E-state index contributed by atoms with van der Waals surface area (Å²) >= 11 is 0. The summed E-state index contributed by atoms with van der Waals surface area (Å²) < 4.78 is 10.6. The quantitative estimate of drug-likeness (QED) is 0.683. The fraction of sp³-hybridized carbons (Fsp3) is 0.909. The Morgan fingerprint density at radius 3 is 2.69 bits per heavy atom. The molecule has 0 unspecified atom stereocenters. The number of nitrogens with zero attached hydrogens (tertiary/aromatic N) is 1. The SMILES string of the molecule is C[C@H]1OCC[C@H](O)CN1C(=O)OC(C)(C)C. The molecule has 1 fully saturated rings. The predicted octanol–water partition coefficient (Wildman–Crippen LogP) is 1.35. The molecule has 0 aromatic rings. The van der Waals surface area contributed by atoms with Gasteiger partial charge in [0.05, 0.1) is 19.3 Å². The minimum atomic E-state index is -0.544. The lowest BCUT2D eigenvalue weighted by molar-refractivity contribution is -0.0482. The van der Waals surface area contributed by atoms with Crippen LogP contribution in [0.1, 0.15) is 34.1 Å². The van der Waals surface area contributed by atoms with Crippen LogP contribution in [0, 0.1) is 0 Å². The molecule has 2 atom stereocenters. The van der Waals surface area contributed by atoms with Crippen LogP contribution in [0.3, 0.4) is 0 Å². The Kier molecular flexibility index (Phi) is 4.15. The van der Waals surface area contributed by atoms with Crippen LogP contribution in [-0.4, -0.2) is 47.2 Å². The first-order valence-electron chi connectivity index (χ1n) is 5.59. The number of amides is 1. The summed E-state index contributed by atoms with van der Waals surface area (Å²) in [6.07, 6.45) is -0.797. The van der Waals surface area contributed by atoms with E-state index in [1.54, 1.807) is 6.92 Å². The van der Waals surface area contributed by atoms with Crippen molar-refractivity contribution in [1.29, 1.82) is 0 Å². The Hall–Kier alpha value is -0.810. The predicted molar refractivity (Wildman–Crippen MR) is 59.0 cm³/mol. The van der Waals surface area contributed by atoms with Gasteiger partial charge in [0.15, 0.2) is 0 Å². The summed E-state index contributed by atoms with van der Waals surface area (Å²) in [5, 5.41) is 9.60. The summed E-state index contributed by atoms with van der Waals surface area (Å²) in [6, 6.07) is 0. The van der Waals surface area contributed by atoms with Gasteiger partial charge in [-0.25, -0.2) is 4.79 Å². The lowest BCUT2D eigenvalue weighted by atomic mass is 10.2. The van der Waals surface area contributed by atoms with Gasteiger partial charge in [-0.05, 0) is 34.1 Å². The molecule has 0 spiro atoms. The Morgan fingerprint density at radius 2 is 2.12 bits per heavy atom. The van der Waals surface area contributed by atoms with Crippen molar-refractivity contribution in [3.8, 4) is 0 Å². The zero-order valence-corrected chi connectivity index (χ0v) is 10.4. The molecule has 1 N–H and O–H groups in total. The van der Waals surface area contributed by atoms with E-state index in [0.29, 0.717) is 13.0 Å². The van der Waals surface area contributed by atoms with Crippen molar-refractivity contribution in [3.05, 3.63) is 0 Å². The Morgan fingerprint density at radius 1 is 1.50 bits per heavy atom. The molecule has 94 valence electrons. The molecule has 1 aliphatic heterocycles. The highest BCUT2D eigenvalue weighted by atomic mass is 16.6. The summed E-state index contributed by atoms with van der Waals surface area (Å²) in [4.78, 5) is 13.3. The van der Waals surface area contributed by atoms with E-state index in [0.717, 1.165) is 0 Å². The zero-order chi connectivity index (χ0) is 12.3. The molecule has 0 radical (unpaired) electrons. The third-order valence-electron chi connectivity index (χ3n) is 2.28. The zero-order valence-electron chi connectivity index (χ0n) is 10.4. The minimum Gasteiger partial charge on any atom is -0.444 e. The van der Waals surface area contributed by atoms with Gasteiger partial charge < -0.3 is 14.6 Å². The van der Waals surface area contributed by atoms with Gasteiger partial charge in [0.1, 0.15) is 11.8 Å². The number of carbonyl (C=O) groups excluding carboxylic acids is 1. The number of hydrogen-bond donors (Lipinski definition) is 1. The van der Waals surface area contributed by atoms with Crippen molar-refractivity contribution in [3.63, 3.8) is 0 Å². The third kappa shape index (κ3) is 3.98. The van der Waals surface area contributed by atoms with Crippen molar-refractivity contribution < 1.29 is 19.4 Å². The van der Waals surface area contributed by atoms with Gasteiger partial charge in [0.25, 0.3) is 0 Å². The fourth-order valence-electron chi connectivity index (χ4n) is 1.47. The monoisotopic (exact) mass is 231 g/mol. The largest absolute Gasteiger partial charge is 0.444 e. The molecule has 0 aromatic carbocycles. The second kappa shape index (κ2) is 5.01. The summed E-state index contributed by atoms with van der Waals surface area (Å²) in [7, 11) is 0. The van der Waals surface area contributed by atoms with Gasteiger partial charge in [-0.15, -0.1) is 0 Å². The summed E-state index contributed by atoms with van der Waals surface area (Å²) in [5.41, 5.74) is -0.534. The highest BCUT2D eigenvalue weighted by Gasteiger charge is 2.30. The average molecular weight is 231 g/mol. The van der Waals surface area contributed by atoms with Crippen LogP contribution >= 0.6 is 0 Å². The molecular formula is C11H21NO4. The second-order valence-corrected chi connectivity index (χ2v) is 5.05. The van der Waals surface area contributed by atoms with Crippen LogP contribution in [0.15, 0.2) is 0 Å². The number of aliphatic hydroxyl groups is 1. The van der Waals surface area contributed by atoms with Crippen LogP contribution in [-0.2, 0) is 9.47 Å². The highest BCUT2D eigenvalue weighted by molar-refractivity contribution is 5.68. The first kappa shape index (κ1) is 13.3. The molecule has 1 rings (SSSR count). The molecule has 1 saturated heterocycles. The lowest BCUT2D eigenvalue weighted by Crippen LogP contribution is -2.44. The highest BCUT2D eigenvalue weighted by Crippen LogP contribution is 2.16. The van der Waals surface area contributed by atoms with Crippen molar-refractivity contribution in [2.45, 2.75) is 52.0 Å². The molecule has 5 nitrogen and oxygen atoms in total. The van der Waals surface area contributed by atoms with E-state index in [9.17, 15) is 9.90 Å². The number of rotatable bonds is 0. The second-order valence-electron chi connectivity index (χ2n) is 5.05. The number of ether oxygens (including phenoxy) is 2. The first-order valence-corrected chi connectivity index (χ1v) is 5.59. The van der Waals surface area contributed by atoms with E-state index in [-0.39, 0.29) is 12.8 Å². The van der Waals surface area contributed by atoms with Gasteiger partial charge in [-0.1, -0.05) is 0 Å². The summed E-state index contributed by atoms with van der Waals surface area (Å²) in [5.74, 6) is 0. The molecule has 16 heavy (non-hydrogen) atoms.